The third kappa shape index (κ3) is 3.96. The molecule has 0 aromatic heterocycles. The Morgan fingerprint density at radius 1 is 1.33 bits per heavy atom. The molecule has 0 unspecified atom stereocenters. The second-order valence-corrected chi connectivity index (χ2v) is 5.40. The Balaban J connectivity index is 1.54. The predicted octanol–water partition coefficient (Wildman–Crippen LogP) is 2.03. The first-order valence-corrected chi connectivity index (χ1v) is 6.32. The maximum absolute atomic E-state index is 4.14. The SMILES string of the molecule is C=C(CNC1CC1)CN(C)CC1CCC1. The van der Waals surface area contributed by atoms with Crippen LogP contribution in [-0.2, 0) is 0 Å². The Labute approximate surface area is 93.7 Å². The first-order valence-electron chi connectivity index (χ1n) is 6.32. The molecule has 0 radical (unpaired) electrons. The molecule has 86 valence electrons. The van der Waals surface area contributed by atoms with Crippen molar-refractivity contribution in [3.05, 3.63) is 12.2 Å². The molecule has 0 bridgehead atoms. The van der Waals surface area contributed by atoms with Gasteiger partial charge >= 0.3 is 0 Å². The van der Waals surface area contributed by atoms with Gasteiger partial charge in [-0.25, -0.2) is 0 Å². The molecule has 15 heavy (non-hydrogen) atoms. The van der Waals surface area contributed by atoms with Crippen LogP contribution >= 0.6 is 0 Å². The van der Waals surface area contributed by atoms with Gasteiger partial charge in [0.25, 0.3) is 0 Å². The van der Waals surface area contributed by atoms with E-state index in [2.05, 4.69) is 23.8 Å². The average Bonchev–Trinajstić information content (AvgIpc) is 2.91. The van der Waals surface area contributed by atoms with E-state index in [9.17, 15) is 0 Å². The van der Waals surface area contributed by atoms with Crippen LogP contribution in [-0.4, -0.2) is 37.6 Å². The quantitative estimate of drug-likeness (QED) is 0.644. The van der Waals surface area contributed by atoms with Crippen LogP contribution in [0.2, 0.25) is 0 Å². The van der Waals surface area contributed by atoms with Gasteiger partial charge in [-0.2, -0.15) is 0 Å². The van der Waals surface area contributed by atoms with Crippen molar-refractivity contribution in [1.29, 1.82) is 0 Å². The van der Waals surface area contributed by atoms with Crippen LogP contribution in [0.3, 0.4) is 0 Å². The summed E-state index contributed by atoms with van der Waals surface area (Å²) in [5, 5.41) is 3.52. The van der Waals surface area contributed by atoms with Crippen molar-refractivity contribution in [3.8, 4) is 0 Å². The highest BCUT2D eigenvalue weighted by Crippen LogP contribution is 2.26. The van der Waals surface area contributed by atoms with Crippen LogP contribution in [0.5, 0.6) is 0 Å². The van der Waals surface area contributed by atoms with E-state index >= 15 is 0 Å². The topological polar surface area (TPSA) is 15.3 Å². The summed E-state index contributed by atoms with van der Waals surface area (Å²) < 4.78 is 0. The molecule has 0 aromatic carbocycles. The summed E-state index contributed by atoms with van der Waals surface area (Å²) in [5.74, 6) is 0.971. The van der Waals surface area contributed by atoms with E-state index in [1.807, 2.05) is 0 Å². The second kappa shape index (κ2) is 5.13. The highest BCUT2D eigenvalue weighted by Gasteiger charge is 2.21. The fraction of sp³-hybridized carbons (Fsp3) is 0.846. The molecule has 0 spiro atoms. The Kier molecular flexibility index (Phi) is 3.81. The third-order valence-corrected chi connectivity index (χ3v) is 3.51. The fourth-order valence-electron chi connectivity index (χ4n) is 2.19. The molecule has 0 amide bonds. The molecule has 2 fully saturated rings. The van der Waals surface area contributed by atoms with Gasteiger partial charge in [-0.3, -0.25) is 0 Å². The zero-order chi connectivity index (χ0) is 10.7. The molecule has 2 rings (SSSR count). The number of nitrogens with one attached hydrogen (secondary N) is 1. The van der Waals surface area contributed by atoms with Crippen LogP contribution in [0.15, 0.2) is 12.2 Å². The minimum Gasteiger partial charge on any atom is -0.310 e. The van der Waals surface area contributed by atoms with E-state index in [4.69, 9.17) is 0 Å². The van der Waals surface area contributed by atoms with Gasteiger partial charge in [0.15, 0.2) is 0 Å². The zero-order valence-electron chi connectivity index (χ0n) is 9.97. The number of likely N-dealkylation sites (N-methyl/N-ethyl adjacent to an activating group) is 1. The highest BCUT2D eigenvalue weighted by atomic mass is 15.1. The lowest BCUT2D eigenvalue weighted by molar-refractivity contribution is 0.214. The molecule has 2 aliphatic rings. The lowest BCUT2D eigenvalue weighted by atomic mass is 9.85. The fourth-order valence-corrected chi connectivity index (χ4v) is 2.19. The predicted molar refractivity (Wildman–Crippen MR) is 65.0 cm³/mol. The Morgan fingerprint density at radius 2 is 2.07 bits per heavy atom. The van der Waals surface area contributed by atoms with Crippen LogP contribution < -0.4 is 5.32 Å². The normalized spacial score (nSPS) is 21.7. The maximum atomic E-state index is 4.14. The molecule has 0 aliphatic heterocycles. The molecule has 0 aromatic rings. The lowest BCUT2D eigenvalue weighted by Crippen LogP contribution is -2.32. The summed E-state index contributed by atoms with van der Waals surface area (Å²) in [5.41, 5.74) is 1.34. The number of hydrogen-bond acceptors (Lipinski definition) is 2. The van der Waals surface area contributed by atoms with Gasteiger partial charge in [0.05, 0.1) is 0 Å². The second-order valence-electron chi connectivity index (χ2n) is 5.40. The monoisotopic (exact) mass is 208 g/mol. The Bertz CT molecular complexity index is 217. The van der Waals surface area contributed by atoms with Gasteiger partial charge in [-0.1, -0.05) is 13.0 Å². The Hall–Kier alpha value is -0.340. The van der Waals surface area contributed by atoms with Crippen molar-refractivity contribution in [2.75, 3.05) is 26.7 Å². The molecule has 0 heterocycles. The lowest BCUT2D eigenvalue weighted by Gasteiger charge is -2.30. The molecular weight excluding hydrogens is 184 g/mol. The van der Waals surface area contributed by atoms with Crippen molar-refractivity contribution in [1.82, 2.24) is 10.2 Å². The van der Waals surface area contributed by atoms with Crippen molar-refractivity contribution in [2.45, 2.75) is 38.1 Å². The highest BCUT2D eigenvalue weighted by molar-refractivity contribution is 5.01. The van der Waals surface area contributed by atoms with Crippen LogP contribution in [0.1, 0.15) is 32.1 Å². The van der Waals surface area contributed by atoms with Gasteiger partial charge in [-0.05, 0) is 44.2 Å². The van der Waals surface area contributed by atoms with Crippen LogP contribution in [0.4, 0.5) is 0 Å². The average molecular weight is 208 g/mol. The summed E-state index contributed by atoms with van der Waals surface area (Å²) in [6, 6.07) is 0.804. The van der Waals surface area contributed by atoms with Crippen molar-refractivity contribution in [2.24, 2.45) is 5.92 Å². The maximum Gasteiger partial charge on any atom is 0.0199 e. The van der Waals surface area contributed by atoms with Crippen molar-refractivity contribution >= 4 is 0 Å². The summed E-state index contributed by atoms with van der Waals surface area (Å²) in [4.78, 5) is 2.43. The summed E-state index contributed by atoms with van der Waals surface area (Å²) in [6.45, 7) is 7.49. The minimum absolute atomic E-state index is 0.804. The first kappa shape index (κ1) is 11.2. The van der Waals surface area contributed by atoms with Crippen LogP contribution in [0, 0.1) is 5.92 Å². The van der Waals surface area contributed by atoms with Gasteiger partial charge in [0.2, 0.25) is 0 Å². The third-order valence-electron chi connectivity index (χ3n) is 3.51. The van der Waals surface area contributed by atoms with Crippen molar-refractivity contribution < 1.29 is 0 Å². The zero-order valence-corrected chi connectivity index (χ0v) is 9.97. The molecule has 2 nitrogen and oxygen atoms in total. The van der Waals surface area contributed by atoms with Gasteiger partial charge in [0.1, 0.15) is 0 Å². The van der Waals surface area contributed by atoms with E-state index in [0.29, 0.717) is 0 Å². The first-order chi connectivity index (χ1) is 7.24. The number of hydrogen-bond donors (Lipinski definition) is 1. The molecule has 2 saturated carbocycles. The minimum atomic E-state index is 0.804. The molecule has 2 heteroatoms. The van der Waals surface area contributed by atoms with Crippen LogP contribution in [0.25, 0.3) is 0 Å². The molecular formula is C13H24N2. The van der Waals surface area contributed by atoms with E-state index in [0.717, 1.165) is 25.0 Å². The Morgan fingerprint density at radius 3 is 2.60 bits per heavy atom. The largest absolute Gasteiger partial charge is 0.310 e. The van der Waals surface area contributed by atoms with Gasteiger partial charge in [0, 0.05) is 25.7 Å². The molecule has 0 saturated heterocycles. The summed E-state index contributed by atoms with van der Waals surface area (Å²) in [6.07, 6.45) is 7.06. The van der Waals surface area contributed by atoms with E-state index in [1.165, 1.54) is 44.2 Å². The number of nitrogens with zero attached hydrogens (tertiary/aromatic N) is 1. The molecule has 1 N–H and O–H groups in total. The number of rotatable bonds is 7. The van der Waals surface area contributed by atoms with E-state index in [-0.39, 0.29) is 0 Å². The van der Waals surface area contributed by atoms with Gasteiger partial charge < -0.3 is 10.2 Å². The van der Waals surface area contributed by atoms with Gasteiger partial charge in [-0.15, -0.1) is 0 Å². The van der Waals surface area contributed by atoms with E-state index < -0.39 is 0 Å². The standard InChI is InChI=1S/C13H24N2/c1-11(8-14-13-6-7-13)9-15(2)10-12-4-3-5-12/h12-14H,1,3-10H2,2H3. The summed E-state index contributed by atoms with van der Waals surface area (Å²) in [7, 11) is 2.22. The summed E-state index contributed by atoms with van der Waals surface area (Å²) >= 11 is 0. The van der Waals surface area contributed by atoms with E-state index in [1.54, 1.807) is 0 Å². The molecule has 2 aliphatic carbocycles. The van der Waals surface area contributed by atoms with Crippen molar-refractivity contribution in [3.63, 3.8) is 0 Å². The smallest absolute Gasteiger partial charge is 0.0199 e. The molecule has 0 atom stereocenters.